The van der Waals surface area contributed by atoms with Crippen molar-refractivity contribution < 1.29 is 23.8 Å². The van der Waals surface area contributed by atoms with Crippen LogP contribution in [0.5, 0.6) is 5.75 Å². The third-order valence-corrected chi connectivity index (χ3v) is 7.06. The van der Waals surface area contributed by atoms with Crippen molar-refractivity contribution in [3.63, 3.8) is 0 Å². The average molecular weight is 531 g/mol. The Kier molecular flexibility index (Phi) is 7.74. The Hall–Kier alpha value is -4.43. The number of aliphatic hydroxyl groups is 1. The zero-order valence-corrected chi connectivity index (χ0v) is 21.0. The van der Waals surface area contributed by atoms with E-state index in [0.29, 0.717) is 11.4 Å². The number of piperidine rings is 1. The van der Waals surface area contributed by atoms with Crippen LogP contribution in [-0.2, 0) is 16.0 Å². The zero-order chi connectivity index (χ0) is 27.4. The molecular weight excluding hydrogens is 503 g/mol. The molecule has 0 spiro atoms. The second kappa shape index (κ2) is 11.5. The SMILES string of the molecule is N#Cc1cc(-c2ccnc(NC(=O)[C@@H]3CC3Cc3cncnc3)c2)ccc1O[C@H]1CCN(C(=O)CO)C[C@H]1F. The normalized spacial score (nSPS) is 22.0. The lowest BCUT2D eigenvalue weighted by molar-refractivity contribution is -0.138. The molecule has 4 atom stereocenters. The molecule has 2 N–H and O–H groups in total. The van der Waals surface area contributed by atoms with Crippen molar-refractivity contribution in [1.29, 1.82) is 5.26 Å². The van der Waals surface area contributed by atoms with Gasteiger partial charge in [-0.2, -0.15) is 5.26 Å². The maximum atomic E-state index is 14.7. The van der Waals surface area contributed by atoms with Gasteiger partial charge in [0, 0.05) is 37.5 Å². The second-order valence-corrected chi connectivity index (χ2v) is 9.75. The highest BCUT2D eigenvalue weighted by Gasteiger charge is 2.43. The van der Waals surface area contributed by atoms with Crippen molar-refractivity contribution in [1.82, 2.24) is 19.9 Å². The predicted octanol–water partition coefficient (Wildman–Crippen LogP) is 2.54. The third-order valence-electron chi connectivity index (χ3n) is 7.06. The molecule has 2 fully saturated rings. The van der Waals surface area contributed by atoms with Gasteiger partial charge < -0.3 is 20.1 Å². The summed E-state index contributed by atoms with van der Waals surface area (Å²) < 4.78 is 20.5. The maximum Gasteiger partial charge on any atom is 0.248 e. The van der Waals surface area contributed by atoms with E-state index in [2.05, 4.69) is 26.3 Å². The van der Waals surface area contributed by atoms with Crippen LogP contribution in [0.4, 0.5) is 10.2 Å². The molecule has 1 saturated carbocycles. The molecule has 39 heavy (non-hydrogen) atoms. The highest BCUT2D eigenvalue weighted by atomic mass is 19.1. The van der Waals surface area contributed by atoms with Crippen molar-refractivity contribution in [3.8, 4) is 22.9 Å². The zero-order valence-electron chi connectivity index (χ0n) is 21.0. The van der Waals surface area contributed by atoms with E-state index >= 15 is 0 Å². The molecule has 11 heteroatoms. The highest BCUT2D eigenvalue weighted by Crippen LogP contribution is 2.41. The third kappa shape index (κ3) is 6.18. The minimum absolute atomic E-state index is 0.0875. The fourth-order valence-corrected chi connectivity index (χ4v) is 4.84. The van der Waals surface area contributed by atoms with Crippen molar-refractivity contribution in [3.05, 3.63) is 66.4 Å². The number of nitriles is 1. The number of carbonyl (C=O) groups excluding carboxylic acids is 2. The lowest BCUT2D eigenvalue weighted by Crippen LogP contribution is -2.50. The molecule has 2 aliphatic rings. The van der Waals surface area contributed by atoms with Crippen LogP contribution in [0.25, 0.3) is 11.1 Å². The van der Waals surface area contributed by atoms with E-state index in [1.165, 1.54) is 11.2 Å². The van der Waals surface area contributed by atoms with E-state index in [1.807, 2.05) is 0 Å². The van der Waals surface area contributed by atoms with E-state index < -0.39 is 24.8 Å². The molecule has 1 unspecified atom stereocenters. The second-order valence-electron chi connectivity index (χ2n) is 9.75. The number of nitrogens with zero attached hydrogens (tertiary/aromatic N) is 5. The molecule has 1 aliphatic carbocycles. The molecule has 2 aromatic heterocycles. The number of carbonyl (C=O) groups is 2. The molecule has 3 heterocycles. The van der Waals surface area contributed by atoms with Crippen LogP contribution >= 0.6 is 0 Å². The number of likely N-dealkylation sites (tertiary alicyclic amines) is 1. The van der Waals surface area contributed by atoms with Gasteiger partial charge in [0.25, 0.3) is 0 Å². The first-order valence-corrected chi connectivity index (χ1v) is 12.7. The first kappa shape index (κ1) is 26.2. The summed E-state index contributed by atoms with van der Waals surface area (Å²) in [6, 6.07) is 10.6. The van der Waals surface area contributed by atoms with Crippen LogP contribution in [-0.4, -0.2) is 68.7 Å². The molecule has 1 saturated heterocycles. The van der Waals surface area contributed by atoms with Gasteiger partial charge in [-0.3, -0.25) is 9.59 Å². The van der Waals surface area contributed by atoms with Gasteiger partial charge in [-0.05, 0) is 59.7 Å². The van der Waals surface area contributed by atoms with Crippen molar-refractivity contribution in [2.24, 2.45) is 11.8 Å². The first-order valence-electron chi connectivity index (χ1n) is 12.7. The Balaban J connectivity index is 1.22. The molecule has 0 bridgehead atoms. The first-order chi connectivity index (χ1) is 18.9. The summed E-state index contributed by atoms with van der Waals surface area (Å²) >= 11 is 0. The number of rotatable bonds is 8. The van der Waals surface area contributed by atoms with Gasteiger partial charge in [0.15, 0.2) is 6.17 Å². The van der Waals surface area contributed by atoms with E-state index in [1.54, 1.807) is 48.9 Å². The number of alkyl halides is 1. The number of aliphatic hydroxyl groups excluding tert-OH is 1. The summed E-state index contributed by atoms with van der Waals surface area (Å²) in [5.41, 5.74) is 2.70. The number of anilines is 1. The highest BCUT2D eigenvalue weighted by molar-refractivity contribution is 5.94. The molecule has 2 amide bonds. The van der Waals surface area contributed by atoms with Crippen LogP contribution < -0.4 is 10.1 Å². The van der Waals surface area contributed by atoms with Gasteiger partial charge in [0.1, 0.15) is 36.7 Å². The van der Waals surface area contributed by atoms with E-state index in [0.717, 1.165) is 24.0 Å². The monoisotopic (exact) mass is 530 g/mol. The molecule has 1 aliphatic heterocycles. The van der Waals surface area contributed by atoms with Crippen LogP contribution in [0.1, 0.15) is 24.0 Å². The molecule has 1 aromatic carbocycles. The molecule has 3 aromatic rings. The lowest BCUT2D eigenvalue weighted by atomic mass is 10.0. The number of ether oxygens (including phenoxy) is 1. The molecular formula is C28H27FN6O4. The number of hydrogen-bond acceptors (Lipinski definition) is 8. The standard InChI is InChI=1S/C28H27FN6O4/c29-23-14-35(27(37)15-36)6-4-25(23)39-24-2-1-18(8-21(24)11-30)19-3-5-33-26(10-19)34-28(38)22-9-20(22)7-17-12-31-16-32-13-17/h1-3,5,8,10,12-13,16,20,22-23,25,36H,4,6-7,9,14-15H2,(H,33,34,38)/t20?,22-,23-,25+/m1/s1. The topological polar surface area (TPSA) is 141 Å². The largest absolute Gasteiger partial charge is 0.486 e. The summed E-state index contributed by atoms with van der Waals surface area (Å²) in [5, 5.41) is 21.6. The smallest absolute Gasteiger partial charge is 0.248 e. The number of hydrogen-bond donors (Lipinski definition) is 2. The lowest BCUT2D eigenvalue weighted by Gasteiger charge is -2.34. The van der Waals surface area contributed by atoms with Crippen LogP contribution in [0, 0.1) is 23.2 Å². The summed E-state index contributed by atoms with van der Waals surface area (Å²) in [6.45, 7) is -0.570. The Labute approximate surface area is 224 Å². The average Bonchev–Trinajstić information content (AvgIpc) is 3.73. The van der Waals surface area contributed by atoms with E-state index in [4.69, 9.17) is 9.84 Å². The fraction of sp³-hybridized carbons (Fsp3) is 0.357. The number of aromatic nitrogens is 3. The van der Waals surface area contributed by atoms with Gasteiger partial charge >= 0.3 is 0 Å². The Bertz CT molecular complexity index is 1400. The quantitative estimate of drug-likeness (QED) is 0.453. The van der Waals surface area contributed by atoms with Crippen molar-refractivity contribution in [2.45, 2.75) is 31.5 Å². The number of halogens is 1. The Morgan fingerprint density at radius 2 is 2.00 bits per heavy atom. The van der Waals surface area contributed by atoms with E-state index in [-0.39, 0.29) is 48.6 Å². The van der Waals surface area contributed by atoms with Crippen LogP contribution in [0.2, 0.25) is 0 Å². The fourth-order valence-electron chi connectivity index (χ4n) is 4.84. The van der Waals surface area contributed by atoms with Gasteiger partial charge in [0.05, 0.1) is 12.1 Å². The molecule has 0 radical (unpaired) electrons. The van der Waals surface area contributed by atoms with Gasteiger partial charge in [-0.15, -0.1) is 0 Å². The maximum absolute atomic E-state index is 14.7. The number of amides is 2. The Morgan fingerprint density at radius 1 is 1.21 bits per heavy atom. The number of pyridine rings is 1. The summed E-state index contributed by atoms with van der Waals surface area (Å²) in [4.78, 5) is 38.0. The van der Waals surface area contributed by atoms with Crippen LogP contribution in [0.3, 0.4) is 0 Å². The summed E-state index contributed by atoms with van der Waals surface area (Å²) in [7, 11) is 0. The van der Waals surface area contributed by atoms with E-state index in [9.17, 15) is 19.2 Å². The minimum atomic E-state index is -1.45. The number of benzene rings is 1. The van der Waals surface area contributed by atoms with Crippen LogP contribution in [0.15, 0.2) is 55.2 Å². The molecule has 5 rings (SSSR count). The number of nitrogens with one attached hydrogen (secondary N) is 1. The van der Waals surface area contributed by atoms with Crippen molar-refractivity contribution in [2.75, 3.05) is 25.0 Å². The summed E-state index contributed by atoms with van der Waals surface area (Å²) in [5.74, 6) is 0.207. The van der Waals surface area contributed by atoms with Gasteiger partial charge in [-0.25, -0.2) is 19.3 Å². The van der Waals surface area contributed by atoms with Gasteiger partial charge in [0.2, 0.25) is 11.8 Å². The molecule has 10 nitrogen and oxygen atoms in total. The van der Waals surface area contributed by atoms with Crippen molar-refractivity contribution >= 4 is 17.6 Å². The van der Waals surface area contributed by atoms with Gasteiger partial charge in [-0.1, -0.05) is 6.07 Å². The predicted molar refractivity (Wildman–Crippen MR) is 138 cm³/mol. The summed E-state index contributed by atoms with van der Waals surface area (Å²) in [6.07, 6.45) is 6.12. The molecule has 200 valence electrons. The minimum Gasteiger partial charge on any atom is -0.486 e. The Morgan fingerprint density at radius 3 is 2.74 bits per heavy atom.